The lowest BCUT2D eigenvalue weighted by atomic mass is 9.85. The number of aromatic amines is 1. The van der Waals surface area contributed by atoms with Crippen LogP contribution in [0.4, 0.5) is 0 Å². The Bertz CT molecular complexity index is 699. The van der Waals surface area contributed by atoms with Crippen molar-refractivity contribution in [1.29, 1.82) is 0 Å². The molecule has 3 N–H and O–H groups in total. The fourth-order valence-electron chi connectivity index (χ4n) is 3.54. The Morgan fingerprint density at radius 3 is 3.00 bits per heavy atom. The summed E-state index contributed by atoms with van der Waals surface area (Å²) in [5.74, 6) is 0.498. The number of H-pyrrole nitrogens is 1. The van der Waals surface area contributed by atoms with E-state index in [1.807, 2.05) is 6.07 Å². The molecular formula is C18H27N7O2. The zero-order chi connectivity index (χ0) is 18.9. The summed E-state index contributed by atoms with van der Waals surface area (Å²) in [4.78, 5) is 28.0. The van der Waals surface area contributed by atoms with Crippen LogP contribution in [0.2, 0.25) is 0 Å². The van der Waals surface area contributed by atoms with Crippen molar-refractivity contribution < 1.29 is 9.59 Å². The number of hydrogen-bond donors (Lipinski definition) is 3. The smallest absolute Gasteiger partial charge is 0.226 e. The van der Waals surface area contributed by atoms with E-state index < -0.39 is 0 Å². The van der Waals surface area contributed by atoms with E-state index in [-0.39, 0.29) is 17.9 Å². The molecule has 0 radical (unpaired) electrons. The van der Waals surface area contributed by atoms with Crippen molar-refractivity contribution in [3.8, 4) is 0 Å². The Balaban J connectivity index is 1.31. The zero-order valence-electron chi connectivity index (χ0n) is 15.4. The first kappa shape index (κ1) is 19.1. The fraction of sp³-hybridized carbons (Fsp3) is 0.611. The molecule has 9 heteroatoms. The van der Waals surface area contributed by atoms with Crippen molar-refractivity contribution in [3.05, 3.63) is 30.6 Å². The van der Waals surface area contributed by atoms with Gasteiger partial charge in [-0.15, -0.1) is 0 Å². The van der Waals surface area contributed by atoms with Gasteiger partial charge in [0.05, 0.1) is 6.42 Å². The summed E-state index contributed by atoms with van der Waals surface area (Å²) < 4.78 is 1.73. The minimum atomic E-state index is 0.0158. The maximum Gasteiger partial charge on any atom is 0.226 e. The molecule has 0 aliphatic heterocycles. The summed E-state index contributed by atoms with van der Waals surface area (Å²) in [6.07, 6.45) is 10.4. The molecule has 2 heterocycles. The third-order valence-corrected chi connectivity index (χ3v) is 4.90. The molecule has 0 aromatic carbocycles. The van der Waals surface area contributed by atoms with Gasteiger partial charge in [0, 0.05) is 37.4 Å². The topological polar surface area (TPSA) is 118 Å². The number of hydrogen-bond acceptors (Lipinski definition) is 5. The van der Waals surface area contributed by atoms with E-state index in [4.69, 9.17) is 0 Å². The van der Waals surface area contributed by atoms with Crippen molar-refractivity contribution in [2.45, 2.75) is 57.5 Å². The van der Waals surface area contributed by atoms with E-state index in [1.54, 1.807) is 17.2 Å². The Kier molecular flexibility index (Phi) is 6.95. The second kappa shape index (κ2) is 9.84. The van der Waals surface area contributed by atoms with E-state index in [1.165, 1.54) is 6.33 Å². The second-order valence-electron chi connectivity index (χ2n) is 7.12. The Hall–Kier alpha value is -2.71. The highest BCUT2D eigenvalue weighted by Gasteiger charge is 2.23. The van der Waals surface area contributed by atoms with Gasteiger partial charge in [0.1, 0.15) is 12.7 Å². The van der Waals surface area contributed by atoms with E-state index in [0.717, 1.165) is 37.8 Å². The largest absolute Gasteiger partial charge is 0.356 e. The molecule has 9 nitrogen and oxygen atoms in total. The fourth-order valence-corrected chi connectivity index (χ4v) is 3.54. The maximum absolute atomic E-state index is 12.1. The number of amides is 2. The molecule has 1 saturated carbocycles. The van der Waals surface area contributed by atoms with E-state index in [0.29, 0.717) is 31.8 Å². The van der Waals surface area contributed by atoms with Gasteiger partial charge in [0.2, 0.25) is 11.8 Å². The molecule has 2 amide bonds. The van der Waals surface area contributed by atoms with Crippen LogP contribution in [0.5, 0.6) is 0 Å². The third kappa shape index (κ3) is 6.50. The number of rotatable bonds is 9. The quantitative estimate of drug-likeness (QED) is 0.601. The normalized spacial score (nSPS) is 19.6. The zero-order valence-corrected chi connectivity index (χ0v) is 15.4. The van der Waals surface area contributed by atoms with Crippen molar-refractivity contribution in [2.75, 3.05) is 6.54 Å². The summed E-state index contributed by atoms with van der Waals surface area (Å²) in [5.41, 5.74) is 0.818. The van der Waals surface area contributed by atoms with Crippen LogP contribution in [0.1, 0.15) is 44.2 Å². The molecule has 27 heavy (non-hydrogen) atoms. The summed E-state index contributed by atoms with van der Waals surface area (Å²) in [7, 11) is 0. The van der Waals surface area contributed by atoms with Crippen LogP contribution in [0.25, 0.3) is 0 Å². The molecule has 0 unspecified atom stereocenters. The van der Waals surface area contributed by atoms with Gasteiger partial charge in [-0.1, -0.05) is 6.42 Å². The van der Waals surface area contributed by atoms with Gasteiger partial charge >= 0.3 is 0 Å². The van der Waals surface area contributed by atoms with Gasteiger partial charge in [-0.2, -0.15) is 10.2 Å². The standard InChI is InChI=1S/C18H27N7O2/c26-17(5-2-8-25-13-19-12-22-25)20-11-14-3-1-4-15(9-14)23-18(27)10-16-6-7-21-24-16/h6-7,12-15H,1-5,8-11H2,(H,20,26)(H,21,24)(H,23,27)/t14-,15+/m1/s1. The Labute approximate surface area is 158 Å². The summed E-state index contributed by atoms with van der Waals surface area (Å²) >= 11 is 0. The number of aryl methyl sites for hydroxylation is 1. The molecule has 2 aromatic heterocycles. The van der Waals surface area contributed by atoms with Crippen LogP contribution in [0.15, 0.2) is 24.9 Å². The van der Waals surface area contributed by atoms with Gasteiger partial charge in [-0.3, -0.25) is 19.4 Å². The van der Waals surface area contributed by atoms with Crippen molar-refractivity contribution in [3.63, 3.8) is 0 Å². The summed E-state index contributed by atoms with van der Waals surface area (Å²) in [6.45, 7) is 1.37. The summed E-state index contributed by atoms with van der Waals surface area (Å²) in [5, 5.41) is 16.8. The molecule has 0 saturated heterocycles. The average Bonchev–Trinajstić information content (AvgIpc) is 3.34. The first-order valence-corrected chi connectivity index (χ1v) is 9.56. The monoisotopic (exact) mass is 373 g/mol. The number of carbonyl (C=O) groups excluding carboxylic acids is 2. The molecular weight excluding hydrogens is 346 g/mol. The van der Waals surface area contributed by atoms with Crippen LogP contribution < -0.4 is 10.6 Å². The van der Waals surface area contributed by atoms with Gasteiger partial charge < -0.3 is 10.6 Å². The minimum Gasteiger partial charge on any atom is -0.356 e. The molecule has 0 spiro atoms. The highest BCUT2D eigenvalue weighted by molar-refractivity contribution is 5.78. The highest BCUT2D eigenvalue weighted by Crippen LogP contribution is 2.23. The lowest BCUT2D eigenvalue weighted by Gasteiger charge is -2.30. The predicted octanol–water partition coefficient (Wildman–Crippen LogP) is 0.815. The molecule has 2 atom stereocenters. The van der Waals surface area contributed by atoms with Crippen molar-refractivity contribution >= 4 is 11.8 Å². The maximum atomic E-state index is 12.1. The van der Waals surface area contributed by atoms with Crippen LogP contribution in [-0.2, 0) is 22.6 Å². The first-order valence-electron chi connectivity index (χ1n) is 9.56. The lowest BCUT2D eigenvalue weighted by molar-refractivity contribution is -0.122. The van der Waals surface area contributed by atoms with Crippen molar-refractivity contribution in [2.24, 2.45) is 5.92 Å². The number of carbonyl (C=O) groups is 2. The van der Waals surface area contributed by atoms with E-state index in [2.05, 4.69) is 30.9 Å². The molecule has 2 aromatic rings. The lowest BCUT2D eigenvalue weighted by Crippen LogP contribution is -2.41. The second-order valence-corrected chi connectivity index (χ2v) is 7.12. The summed E-state index contributed by atoms with van der Waals surface area (Å²) in [6, 6.07) is 1.99. The molecule has 1 fully saturated rings. The molecule has 146 valence electrons. The average molecular weight is 373 g/mol. The number of nitrogens with zero attached hydrogens (tertiary/aromatic N) is 4. The van der Waals surface area contributed by atoms with Crippen LogP contribution in [0, 0.1) is 5.92 Å². The third-order valence-electron chi connectivity index (χ3n) is 4.90. The van der Waals surface area contributed by atoms with Gasteiger partial charge in [0.15, 0.2) is 0 Å². The van der Waals surface area contributed by atoms with Gasteiger partial charge in [-0.25, -0.2) is 4.98 Å². The van der Waals surface area contributed by atoms with Crippen LogP contribution >= 0.6 is 0 Å². The Morgan fingerprint density at radius 1 is 1.30 bits per heavy atom. The number of aromatic nitrogens is 5. The predicted molar refractivity (Wildman–Crippen MR) is 98.4 cm³/mol. The SMILES string of the molecule is O=C(CCCn1cncn1)NC[C@@H]1CCC[C@H](NC(=O)Cc2ccn[nH]2)C1. The highest BCUT2D eigenvalue weighted by atomic mass is 16.2. The van der Waals surface area contributed by atoms with Gasteiger partial charge in [0.25, 0.3) is 0 Å². The molecule has 3 rings (SSSR count). The molecule has 0 bridgehead atoms. The van der Waals surface area contributed by atoms with Gasteiger partial charge in [-0.05, 0) is 37.7 Å². The van der Waals surface area contributed by atoms with Crippen molar-refractivity contribution in [1.82, 2.24) is 35.6 Å². The minimum absolute atomic E-state index is 0.0158. The van der Waals surface area contributed by atoms with Crippen LogP contribution in [0.3, 0.4) is 0 Å². The first-order chi connectivity index (χ1) is 13.2. The Morgan fingerprint density at radius 2 is 2.22 bits per heavy atom. The molecule has 1 aliphatic rings. The van der Waals surface area contributed by atoms with Crippen LogP contribution in [-0.4, -0.2) is 49.4 Å². The molecule has 1 aliphatic carbocycles. The van der Waals surface area contributed by atoms with E-state index in [9.17, 15) is 9.59 Å². The van der Waals surface area contributed by atoms with E-state index >= 15 is 0 Å². The number of nitrogens with one attached hydrogen (secondary N) is 3.